The smallest absolute Gasteiger partial charge is 0.372 e. The van der Waals surface area contributed by atoms with E-state index in [4.69, 9.17) is 4.42 Å². The molecule has 1 aromatic heterocycles. The van der Waals surface area contributed by atoms with E-state index in [1.54, 1.807) is 0 Å². The Morgan fingerprint density at radius 3 is 2.94 bits per heavy atom. The molecule has 5 heteroatoms. The summed E-state index contributed by atoms with van der Waals surface area (Å²) in [6.45, 7) is 1.57. The lowest BCUT2D eigenvalue weighted by atomic mass is 10.0. The van der Waals surface area contributed by atoms with Gasteiger partial charge < -0.3 is 14.4 Å². The second-order valence-electron chi connectivity index (χ2n) is 4.49. The number of furan rings is 1. The Labute approximate surface area is 111 Å². The van der Waals surface area contributed by atoms with Crippen LogP contribution in [0.25, 0.3) is 11.0 Å². The minimum Gasteiger partial charge on any atom is -0.475 e. The molecule has 1 aromatic carbocycles. The maximum absolute atomic E-state index is 11.2. The average molecular weight is 268 g/mol. The number of likely N-dealkylation sites (N-methyl/N-ethyl adjacent to an activating group) is 1. The summed E-state index contributed by atoms with van der Waals surface area (Å²) < 4.78 is 5.45. The Morgan fingerprint density at radius 2 is 2.22 bits per heavy atom. The Morgan fingerprint density at radius 1 is 1.44 bits per heavy atom. The molecule has 96 valence electrons. The number of carboxylic acids is 1. The quantitative estimate of drug-likeness (QED) is 0.863. The number of nitrogens with zero attached hydrogens (tertiary/aromatic N) is 1. The highest BCUT2D eigenvalue weighted by molar-refractivity contribution is 5.96. The van der Waals surface area contributed by atoms with Gasteiger partial charge in [0.15, 0.2) is 0 Å². The number of halogens is 1. The zero-order chi connectivity index (χ0) is 12.0. The summed E-state index contributed by atoms with van der Waals surface area (Å²) in [5.74, 6) is -0.904. The van der Waals surface area contributed by atoms with Crippen LogP contribution in [0.3, 0.4) is 0 Å². The number of carbonyl (C=O) groups is 1. The predicted octanol–water partition coefficient (Wildman–Crippen LogP) is 2.54. The molecule has 0 unspecified atom stereocenters. The van der Waals surface area contributed by atoms with Crippen molar-refractivity contribution in [3.8, 4) is 0 Å². The van der Waals surface area contributed by atoms with Crippen LogP contribution >= 0.6 is 12.4 Å². The highest BCUT2D eigenvalue weighted by Crippen LogP contribution is 2.32. The maximum Gasteiger partial charge on any atom is 0.372 e. The van der Waals surface area contributed by atoms with Crippen molar-refractivity contribution in [2.75, 3.05) is 13.6 Å². The Bertz CT molecular complexity index is 606. The lowest BCUT2D eigenvalue weighted by molar-refractivity contribution is 0.0662. The summed E-state index contributed by atoms with van der Waals surface area (Å²) in [7, 11) is 2.00. The SMILES string of the molecule is CN1CCc2cccc3oc(C(=O)O)c(c23)C1.Cl. The number of aromatic carboxylic acids is 1. The summed E-state index contributed by atoms with van der Waals surface area (Å²) in [6.07, 6.45) is 0.930. The molecule has 1 aliphatic heterocycles. The van der Waals surface area contributed by atoms with E-state index in [1.165, 1.54) is 5.56 Å². The fourth-order valence-corrected chi connectivity index (χ4v) is 2.48. The van der Waals surface area contributed by atoms with Gasteiger partial charge >= 0.3 is 5.97 Å². The first-order valence-corrected chi connectivity index (χ1v) is 5.62. The Kier molecular flexibility index (Phi) is 3.32. The molecule has 4 nitrogen and oxygen atoms in total. The fourth-order valence-electron chi connectivity index (χ4n) is 2.48. The number of hydrogen-bond acceptors (Lipinski definition) is 3. The molecule has 18 heavy (non-hydrogen) atoms. The van der Waals surface area contributed by atoms with E-state index in [2.05, 4.69) is 4.90 Å². The molecule has 0 fully saturated rings. The largest absolute Gasteiger partial charge is 0.475 e. The molecular formula is C13H14ClNO3. The van der Waals surface area contributed by atoms with Crippen LogP contribution in [0.2, 0.25) is 0 Å². The molecule has 0 saturated heterocycles. The van der Waals surface area contributed by atoms with Crippen LogP contribution < -0.4 is 0 Å². The second kappa shape index (κ2) is 4.63. The number of benzene rings is 1. The van der Waals surface area contributed by atoms with E-state index < -0.39 is 5.97 Å². The second-order valence-corrected chi connectivity index (χ2v) is 4.49. The molecule has 3 rings (SSSR count). The molecule has 0 amide bonds. The van der Waals surface area contributed by atoms with Crippen molar-refractivity contribution in [3.05, 3.63) is 35.1 Å². The molecule has 0 saturated carbocycles. The van der Waals surface area contributed by atoms with Crippen LogP contribution in [-0.4, -0.2) is 29.6 Å². The molecule has 2 heterocycles. The Balaban J connectivity index is 0.00000120. The summed E-state index contributed by atoms with van der Waals surface area (Å²) in [5, 5.41) is 10.2. The predicted molar refractivity (Wildman–Crippen MR) is 70.5 cm³/mol. The minimum atomic E-state index is -0.988. The van der Waals surface area contributed by atoms with Gasteiger partial charge in [0, 0.05) is 24.0 Å². The summed E-state index contributed by atoms with van der Waals surface area (Å²) in [6, 6.07) is 5.80. The first-order chi connectivity index (χ1) is 8.16. The van der Waals surface area contributed by atoms with Gasteiger partial charge in [0.25, 0.3) is 0 Å². The number of carboxylic acid groups (broad SMARTS) is 1. The van der Waals surface area contributed by atoms with E-state index in [1.807, 2.05) is 25.2 Å². The van der Waals surface area contributed by atoms with Gasteiger partial charge in [0.05, 0.1) is 0 Å². The molecule has 1 aliphatic rings. The summed E-state index contributed by atoms with van der Waals surface area (Å²) >= 11 is 0. The van der Waals surface area contributed by atoms with E-state index >= 15 is 0 Å². The van der Waals surface area contributed by atoms with Crippen molar-refractivity contribution >= 4 is 29.3 Å². The van der Waals surface area contributed by atoms with Crippen molar-refractivity contribution in [2.45, 2.75) is 13.0 Å². The van der Waals surface area contributed by atoms with Crippen molar-refractivity contribution in [1.29, 1.82) is 0 Å². The summed E-state index contributed by atoms with van der Waals surface area (Å²) in [5.41, 5.74) is 2.67. The van der Waals surface area contributed by atoms with Gasteiger partial charge in [-0.15, -0.1) is 12.4 Å². The zero-order valence-electron chi connectivity index (χ0n) is 9.97. The van der Waals surface area contributed by atoms with Crippen LogP contribution in [0.15, 0.2) is 22.6 Å². The van der Waals surface area contributed by atoms with Crippen molar-refractivity contribution < 1.29 is 14.3 Å². The van der Waals surface area contributed by atoms with Crippen LogP contribution in [0.1, 0.15) is 21.7 Å². The van der Waals surface area contributed by atoms with Crippen molar-refractivity contribution in [1.82, 2.24) is 4.90 Å². The molecular weight excluding hydrogens is 254 g/mol. The van der Waals surface area contributed by atoms with Crippen molar-refractivity contribution in [3.63, 3.8) is 0 Å². The maximum atomic E-state index is 11.2. The molecule has 1 N–H and O–H groups in total. The van der Waals surface area contributed by atoms with Gasteiger partial charge in [0.1, 0.15) is 5.58 Å². The normalized spacial score (nSPS) is 15.2. The fraction of sp³-hybridized carbons (Fsp3) is 0.308. The van der Waals surface area contributed by atoms with Gasteiger partial charge in [0.2, 0.25) is 5.76 Å². The van der Waals surface area contributed by atoms with Crippen LogP contribution in [0, 0.1) is 0 Å². The Hall–Kier alpha value is -1.52. The monoisotopic (exact) mass is 267 g/mol. The highest BCUT2D eigenvalue weighted by Gasteiger charge is 2.24. The van der Waals surface area contributed by atoms with E-state index in [0.29, 0.717) is 12.1 Å². The first-order valence-electron chi connectivity index (χ1n) is 5.62. The van der Waals surface area contributed by atoms with E-state index in [-0.39, 0.29) is 18.2 Å². The van der Waals surface area contributed by atoms with Gasteiger partial charge in [-0.3, -0.25) is 0 Å². The standard InChI is InChI=1S/C13H13NO3.ClH/c1-14-6-5-8-3-2-4-10-11(8)9(7-14)12(17-10)13(15)16;/h2-4H,5-7H2,1H3,(H,15,16);1H. The molecule has 2 aromatic rings. The van der Waals surface area contributed by atoms with Gasteiger partial charge in [-0.2, -0.15) is 0 Å². The van der Waals surface area contributed by atoms with Crippen LogP contribution in [-0.2, 0) is 13.0 Å². The van der Waals surface area contributed by atoms with E-state index in [9.17, 15) is 9.90 Å². The van der Waals surface area contributed by atoms with Crippen LogP contribution in [0.4, 0.5) is 0 Å². The lowest BCUT2D eigenvalue weighted by Crippen LogP contribution is -2.19. The molecule has 0 atom stereocenters. The van der Waals surface area contributed by atoms with E-state index in [0.717, 1.165) is 23.9 Å². The molecule has 0 aliphatic carbocycles. The minimum absolute atomic E-state index is 0. The molecule has 0 spiro atoms. The summed E-state index contributed by atoms with van der Waals surface area (Å²) in [4.78, 5) is 13.3. The van der Waals surface area contributed by atoms with Crippen molar-refractivity contribution in [2.24, 2.45) is 0 Å². The third-order valence-electron chi connectivity index (χ3n) is 3.29. The van der Waals surface area contributed by atoms with Gasteiger partial charge in [-0.1, -0.05) is 12.1 Å². The van der Waals surface area contributed by atoms with Gasteiger partial charge in [-0.05, 0) is 25.1 Å². The number of rotatable bonds is 1. The topological polar surface area (TPSA) is 53.7 Å². The average Bonchev–Trinajstić information content (AvgIpc) is 2.57. The van der Waals surface area contributed by atoms with Gasteiger partial charge in [-0.25, -0.2) is 4.79 Å². The third-order valence-corrected chi connectivity index (χ3v) is 3.29. The lowest BCUT2D eigenvalue weighted by Gasteiger charge is -2.12. The molecule has 0 radical (unpaired) electrons. The number of hydrogen-bond donors (Lipinski definition) is 1. The highest BCUT2D eigenvalue weighted by atomic mass is 35.5. The third kappa shape index (κ3) is 1.87. The zero-order valence-corrected chi connectivity index (χ0v) is 10.8. The molecule has 0 bridgehead atoms. The van der Waals surface area contributed by atoms with Crippen LogP contribution in [0.5, 0.6) is 0 Å². The first kappa shape index (κ1) is 12.9.